The van der Waals surface area contributed by atoms with Gasteiger partial charge in [0.1, 0.15) is 6.04 Å². The van der Waals surface area contributed by atoms with Crippen LogP contribution < -0.4 is 0 Å². The summed E-state index contributed by atoms with van der Waals surface area (Å²) in [6.45, 7) is 0.536. The molecule has 0 aromatic heterocycles. The molecule has 24 heavy (non-hydrogen) atoms. The fourth-order valence-corrected chi connectivity index (χ4v) is 3.68. The second-order valence-electron chi connectivity index (χ2n) is 5.73. The zero-order valence-electron chi connectivity index (χ0n) is 12.8. The molecule has 0 spiro atoms. The van der Waals surface area contributed by atoms with Crippen LogP contribution in [0.3, 0.4) is 0 Å². The van der Waals surface area contributed by atoms with Gasteiger partial charge in [-0.3, -0.25) is 19.3 Å². The van der Waals surface area contributed by atoms with Crippen molar-refractivity contribution in [2.24, 2.45) is 0 Å². The van der Waals surface area contributed by atoms with Crippen LogP contribution in [0.5, 0.6) is 0 Å². The maximum absolute atomic E-state index is 12.6. The quantitative estimate of drug-likeness (QED) is 0.887. The van der Waals surface area contributed by atoms with Gasteiger partial charge in [-0.25, -0.2) is 4.79 Å². The van der Waals surface area contributed by atoms with E-state index in [1.54, 1.807) is 24.3 Å². The summed E-state index contributed by atoms with van der Waals surface area (Å²) in [5, 5.41) is 8.91. The minimum Gasteiger partial charge on any atom is -0.480 e. The number of benzene rings is 1. The number of nitrogens with zero attached hydrogens (tertiary/aromatic N) is 2. The highest BCUT2D eigenvalue weighted by Crippen LogP contribution is 2.23. The van der Waals surface area contributed by atoms with Gasteiger partial charge in [0.15, 0.2) is 0 Å². The van der Waals surface area contributed by atoms with Gasteiger partial charge in [0.2, 0.25) is 5.91 Å². The Balaban J connectivity index is 1.77. The first-order valence-electron chi connectivity index (χ1n) is 7.57. The first-order valence-corrected chi connectivity index (χ1v) is 8.56. The molecule has 2 aliphatic rings. The maximum atomic E-state index is 12.6. The third-order valence-corrected chi connectivity index (χ3v) is 5.01. The summed E-state index contributed by atoms with van der Waals surface area (Å²) < 4.78 is 0. The second-order valence-corrected chi connectivity index (χ2v) is 6.66. The standard InChI is InChI=1S/C16H16N2O5S/c19-13-9-24-16(23)18(13)8-10-3-1-4-11(7-10)14(20)17-6-2-5-12(17)15(21)22/h1,3-4,7,12H,2,5-6,8-9H2,(H,21,22). The third kappa shape index (κ3) is 3.14. The van der Waals surface area contributed by atoms with Crippen molar-refractivity contribution in [2.45, 2.75) is 25.4 Å². The summed E-state index contributed by atoms with van der Waals surface area (Å²) in [4.78, 5) is 49.7. The molecule has 0 radical (unpaired) electrons. The van der Waals surface area contributed by atoms with E-state index < -0.39 is 12.0 Å². The predicted molar refractivity (Wildman–Crippen MR) is 86.5 cm³/mol. The molecule has 2 aliphatic heterocycles. The van der Waals surface area contributed by atoms with Gasteiger partial charge < -0.3 is 10.0 Å². The Morgan fingerprint density at radius 2 is 2.08 bits per heavy atom. The number of carboxylic acid groups (broad SMARTS) is 1. The number of amides is 3. The molecule has 1 N–H and O–H groups in total. The average molecular weight is 348 g/mol. The van der Waals surface area contributed by atoms with E-state index in [-0.39, 0.29) is 29.4 Å². The SMILES string of the molecule is O=C(O)C1CCCN1C(=O)c1cccc(CN2C(=O)CSC2=O)c1. The van der Waals surface area contributed by atoms with Crippen LogP contribution in [0, 0.1) is 0 Å². The average Bonchev–Trinajstić information content (AvgIpc) is 3.17. The highest BCUT2D eigenvalue weighted by molar-refractivity contribution is 8.14. The third-order valence-electron chi connectivity index (χ3n) is 4.15. The lowest BCUT2D eigenvalue weighted by molar-refractivity contribution is -0.141. The predicted octanol–water partition coefficient (Wildman–Crippen LogP) is 1.57. The van der Waals surface area contributed by atoms with Crippen LogP contribution in [0.4, 0.5) is 4.79 Å². The summed E-state index contributed by atoms with van der Waals surface area (Å²) in [6, 6.07) is 5.85. The van der Waals surface area contributed by atoms with Crippen molar-refractivity contribution in [2.75, 3.05) is 12.3 Å². The number of carboxylic acids is 1. The van der Waals surface area contributed by atoms with E-state index in [4.69, 9.17) is 0 Å². The fourth-order valence-electron chi connectivity index (χ4n) is 2.95. The van der Waals surface area contributed by atoms with Crippen LogP contribution in [0.2, 0.25) is 0 Å². The summed E-state index contributed by atoms with van der Waals surface area (Å²) >= 11 is 0.964. The van der Waals surface area contributed by atoms with E-state index in [1.807, 2.05) is 0 Å². The summed E-state index contributed by atoms with van der Waals surface area (Å²) in [6.07, 6.45) is 1.12. The van der Waals surface area contributed by atoms with E-state index in [0.717, 1.165) is 16.7 Å². The lowest BCUT2D eigenvalue weighted by Crippen LogP contribution is -2.40. The van der Waals surface area contributed by atoms with E-state index in [2.05, 4.69) is 0 Å². The Bertz CT molecular complexity index is 704. The van der Waals surface area contributed by atoms with Crippen LogP contribution in [0.1, 0.15) is 28.8 Å². The number of likely N-dealkylation sites (tertiary alicyclic amines) is 1. The second kappa shape index (κ2) is 6.64. The van der Waals surface area contributed by atoms with Gasteiger partial charge in [0.25, 0.3) is 11.1 Å². The molecule has 0 saturated carbocycles. The first kappa shape index (κ1) is 16.5. The summed E-state index contributed by atoms with van der Waals surface area (Å²) in [7, 11) is 0. The highest BCUT2D eigenvalue weighted by Gasteiger charge is 2.34. The Labute approximate surface area is 142 Å². The molecular weight excluding hydrogens is 332 g/mol. The lowest BCUT2D eigenvalue weighted by atomic mass is 10.1. The number of thioether (sulfide) groups is 1. The molecule has 1 unspecified atom stereocenters. The normalized spacial score (nSPS) is 20.8. The van der Waals surface area contributed by atoms with Crippen LogP contribution in [0.25, 0.3) is 0 Å². The van der Waals surface area contributed by atoms with E-state index >= 15 is 0 Å². The van der Waals surface area contributed by atoms with Gasteiger partial charge in [0.05, 0.1) is 12.3 Å². The molecule has 2 fully saturated rings. The Hall–Kier alpha value is -2.35. The number of hydrogen-bond acceptors (Lipinski definition) is 5. The van der Waals surface area contributed by atoms with E-state index in [9.17, 15) is 24.3 Å². The summed E-state index contributed by atoms with van der Waals surface area (Å²) in [5.74, 6) is -1.43. The Morgan fingerprint density at radius 1 is 1.29 bits per heavy atom. The number of hydrogen-bond donors (Lipinski definition) is 1. The van der Waals surface area contributed by atoms with Gasteiger partial charge in [-0.15, -0.1) is 0 Å². The molecule has 8 heteroatoms. The lowest BCUT2D eigenvalue weighted by Gasteiger charge is -2.22. The Morgan fingerprint density at radius 3 is 2.75 bits per heavy atom. The molecule has 126 valence electrons. The van der Waals surface area contributed by atoms with Crippen molar-refractivity contribution in [3.8, 4) is 0 Å². The van der Waals surface area contributed by atoms with Crippen molar-refractivity contribution in [1.82, 2.24) is 9.80 Å². The number of carbonyl (C=O) groups is 4. The van der Waals surface area contributed by atoms with Gasteiger partial charge in [-0.05, 0) is 30.5 Å². The molecule has 1 aromatic rings. The van der Waals surface area contributed by atoms with Crippen LogP contribution in [-0.2, 0) is 16.1 Å². The topological polar surface area (TPSA) is 95.0 Å². The van der Waals surface area contributed by atoms with E-state index in [0.29, 0.717) is 30.5 Å². The molecule has 1 aromatic carbocycles. The molecule has 7 nitrogen and oxygen atoms in total. The fraction of sp³-hybridized carbons (Fsp3) is 0.375. The maximum Gasteiger partial charge on any atom is 0.326 e. The molecule has 1 atom stereocenters. The molecule has 3 amide bonds. The van der Waals surface area contributed by atoms with Crippen molar-refractivity contribution in [3.63, 3.8) is 0 Å². The van der Waals surface area contributed by atoms with Gasteiger partial charge in [0, 0.05) is 12.1 Å². The number of carbonyl (C=O) groups excluding carboxylic acids is 3. The Kier molecular flexibility index (Phi) is 4.57. The van der Waals surface area contributed by atoms with Crippen molar-refractivity contribution in [3.05, 3.63) is 35.4 Å². The first-order chi connectivity index (χ1) is 11.5. The molecule has 0 aliphatic carbocycles. The van der Waals surface area contributed by atoms with Crippen molar-refractivity contribution in [1.29, 1.82) is 0 Å². The van der Waals surface area contributed by atoms with Gasteiger partial charge in [-0.1, -0.05) is 23.9 Å². The van der Waals surface area contributed by atoms with Gasteiger partial charge in [-0.2, -0.15) is 0 Å². The molecular formula is C16H16N2O5S. The molecule has 2 saturated heterocycles. The number of rotatable bonds is 4. The van der Waals surface area contributed by atoms with Crippen LogP contribution >= 0.6 is 11.8 Å². The molecule has 0 bridgehead atoms. The molecule has 2 heterocycles. The van der Waals surface area contributed by atoms with Crippen molar-refractivity contribution >= 4 is 34.8 Å². The minimum atomic E-state index is -0.998. The number of imide groups is 1. The molecule has 3 rings (SSSR count). The number of aliphatic carboxylic acids is 1. The van der Waals surface area contributed by atoms with Gasteiger partial charge >= 0.3 is 5.97 Å². The van der Waals surface area contributed by atoms with E-state index in [1.165, 1.54) is 4.90 Å². The summed E-state index contributed by atoms with van der Waals surface area (Å²) in [5.41, 5.74) is 1.03. The zero-order valence-corrected chi connectivity index (χ0v) is 13.6. The van der Waals surface area contributed by atoms with Crippen LogP contribution in [0.15, 0.2) is 24.3 Å². The smallest absolute Gasteiger partial charge is 0.326 e. The highest BCUT2D eigenvalue weighted by atomic mass is 32.2. The van der Waals surface area contributed by atoms with Crippen LogP contribution in [-0.4, -0.2) is 56.3 Å². The monoisotopic (exact) mass is 348 g/mol. The van der Waals surface area contributed by atoms with Crippen molar-refractivity contribution < 1.29 is 24.3 Å². The largest absolute Gasteiger partial charge is 0.480 e. The minimum absolute atomic E-state index is 0.119. The zero-order chi connectivity index (χ0) is 17.3.